The van der Waals surface area contributed by atoms with E-state index >= 15 is 0 Å². The average Bonchev–Trinajstić information content (AvgIpc) is 3.42. The van der Waals surface area contributed by atoms with E-state index in [0.717, 1.165) is 16.6 Å². The van der Waals surface area contributed by atoms with Crippen LogP contribution in [0.15, 0.2) is 134 Å². The van der Waals surface area contributed by atoms with Crippen LogP contribution in [0.5, 0.6) is 0 Å². The van der Waals surface area contributed by atoms with Gasteiger partial charge in [-0.05, 0) is 57.1 Å². The van der Waals surface area contributed by atoms with Crippen molar-refractivity contribution < 1.29 is 0 Å². The van der Waals surface area contributed by atoms with Crippen LogP contribution in [0.1, 0.15) is 0 Å². The summed E-state index contributed by atoms with van der Waals surface area (Å²) in [4.78, 5) is 9.57. The van der Waals surface area contributed by atoms with Gasteiger partial charge in [0, 0.05) is 54.6 Å². The maximum Gasteiger partial charge on any atom is 0.159 e. The van der Waals surface area contributed by atoms with E-state index < -0.39 is 0 Å². The zero-order valence-electron chi connectivity index (χ0n) is 22.0. The van der Waals surface area contributed by atoms with Crippen molar-refractivity contribution in [3.8, 4) is 55.6 Å². The molecule has 1 aliphatic rings. The number of pyridine rings is 2. The molecule has 0 fully saturated rings. The molecule has 0 radical (unpaired) electrons. The fourth-order valence-electron chi connectivity index (χ4n) is 6.65. The number of aromatic nitrogens is 2. The molecule has 0 amide bonds. The van der Waals surface area contributed by atoms with Crippen LogP contribution in [0.25, 0.3) is 86.8 Å². The van der Waals surface area contributed by atoms with Gasteiger partial charge in [0.1, 0.15) is 0 Å². The molecule has 8 aromatic rings. The fraction of sp³-hybridized carbons (Fsp3) is 0. The molecule has 3 heterocycles. The normalized spacial score (nSPS) is 11.9. The third kappa shape index (κ3) is 3.24. The molecule has 0 saturated carbocycles. The van der Waals surface area contributed by atoms with Crippen molar-refractivity contribution in [2.45, 2.75) is 0 Å². The lowest BCUT2D eigenvalue weighted by atomic mass is 9.78. The molecule has 0 atom stereocenters. The van der Waals surface area contributed by atoms with Crippen molar-refractivity contribution in [1.29, 1.82) is 0 Å². The highest BCUT2D eigenvalue weighted by Gasteiger charge is 2.26. The zero-order chi connectivity index (χ0) is 26.9. The Bertz CT molecular complexity index is 2330. The van der Waals surface area contributed by atoms with Crippen molar-refractivity contribution in [2.24, 2.45) is 0 Å². The van der Waals surface area contributed by atoms with Crippen LogP contribution in [-0.2, 0) is 0 Å². The Balaban J connectivity index is 1.49. The molecular formula is C38H22N2S. The number of nitrogens with zero attached hydrogens (tertiary/aromatic N) is 2. The van der Waals surface area contributed by atoms with Crippen molar-refractivity contribution in [3.63, 3.8) is 0 Å². The van der Waals surface area contributed by atoms with Gasteiger partial charge >= 0.3 is 0 Å². The summed E-state index contributed by atoms with van der Waals surface area (Å²) in [5.41, 5.74) is 12.9. The molecule has 5 aromatic carbocycles. The highest BCUT2D eigenvalue weighted by molar-refractivity contribution is 7.26. The van der Waals surface area contributed by atoms with Gasteiger partial charge in [0.2, 0.25) is 0 Å². The standard InChI is InChI=1S/C38H22N2S/c1-2-11-25-23(10-1)24-12-3-4-14-27(24)36-32-19-9-21-39-38(32)40-22-33(36)35-28(25)15-7-16-29(35)31-18-8-17-30-26-13-5-6-20-34(26)41-37(30)31/h1-22H. The smallest absolute Gasteiger partial charge is 0.159 e. The lowest BCUT2D eigenvalue weighted by Crippen LogP contribution is -2.01. The SMILES string of the molecule is c1ccc2c(c1)-c1ccccc1-c1c(cnc3ncccc13)-c1c-2cccc1-c1cccc2c1sc1ccccc12. The molecule has 2 nitrogen and oxygen atoms in total. The number of thiophene rings is 1. The molecule has 0 spiro atoms. The van der Waals surface area contributed by atoms with E-state index in [4.69, 9.17) is 4.98 Å². The number of fused-ring (bicyclic) bond motifs is 13. The van der Waals surface area contributed by atoms with Gasteiger partial charge in [-0.1, -0.05) is 103 Å². The molecule has 3 heteroatoms. The number of hydrogen-bond acceptors (Lipinski definition) is 3. The van der Waals surface area contributed by atoms with E-state index in [2.05, 4.69) is 120 Å². The average molecular weight is 539 g/mol. The van der Waals surface area contributed by atoms with Gasteiger partial charge in [-0.2, -0.15) is 0 Å². The maximum absolute atomic E-state index is 4.92. The monoisotopic (exact) mass is 538 g/mol. The molecule has 190 valence electrons. The Morgan fingerprint density at radius 3 is 1.83 bits per heavy atom. The van der Waals surface area contributed by atoms with Gasteiger partial charge in [-0.3, -0.25) is 0 Å². The summed E-state index contributed by atoms with van der Waals surface area (Å²) in [6.45, 7) is 0. The third-order valence-electron chi connectivity index (χ3n) is 8.37. The van der Waals surface area contributed by atoms with E-state index in [1.165, 1.54) is 70.2 Å². The Kier molecular flexibility index (Phi) is 4.80. The van der Waals surface area contributed by atoms with Crippen LogP contribution in [0.4, 0.5) is 0 Å². The molecule has 0 bridgehead atoms. The topological polar surface area (TPSA) is 25.8 Å². The van der Waals surface area contributed by atoms with Crippen LogP contribution in [0, 0.1) is 0 Å². The summed E-state index contributed by atoms with van der Waals surface area (Å²) in [6, 6.07) is 44.0. The zero-order valence-corrected chi connectivity index (χ0v) is 22.8. The van der Waals surface area contributed by atoms with E-state index in [9.17, 15) is 0 Å². The second-order valence-corrected chi connectivity index (χ2v) is 11.6. The summed E-state index contributed by atoms with van der Waals surface area (Å²) >= 11 is 1.88. The first kappa shape index (κ1) is 22.7. The fourth-order valence-corrected chi connectivity index (χ4v) is 7.88. The molecule has 0 N–H and O–H groups in total. The Hall–Kier alpha value is -5.12. The molecule has 0 aliphatic heterocycles. The van der Waals surface area contributed by atoms with Crippen molar-refractivity contribution in [2.75, 3.05) is 0 Å². The lowest BCUT2D eigenvalue weighted by Gasteiger charge is -2.25. The number of rotatable bonds is 1. The minimum absolute atomic E-state index is 0.764. The second kappa shape index (κ2) is 8.69. The predicted octanol–water partition coefficient (Wildman–Crippen LogP) is 10.6. The Labute approximate surface area is 241 Å². The minimum Gasteiger partial charge on any atom is -0.237 e. The van der Waals surface area contributed by atoms with Gasteiger partial charge in [0.15, 0.2) is 5.65 Å². The van der Waals surface area contributed by atoms with E-state index in [1.807, 2.05) is 29.8 Å². The van der Waals surface area contributed by atoms with Gasteiger partial charge in [0.25, 0.3) is 0 Å². The van der Waals surface area contributed by atoms with Crippen LogP contribution in [0.3, 0.4) is 0 Å². The van der Waals surface area contributed by atoms with Crippen molar-refractivity contribution in [3.05, 3.63) is 134 Å². The Morgan fingerprint density at radius 1 is 0.390 bits per heavy atom. The first-order valence-corrected chi connectivity index (χ1v) is 14.7. The molecule has 0 saturated heterocycles. The summed E-state index contributed by atoms with van der Waals surface area (Å²) in [5.74, 6) is 0. The van der Waals surface area contributed by atoms with Crippen molar-refractivity contribution >= 4 is 42.5 Å². The summed E-state index contributed by atoms with van der Waals surface area (Å²) < 4.78 is 2.63. The van der Waals surface area contributed by atoms with Gasteiger partial charge in [0.05, 0.1) is 0 Å². The third-order valence-corrected chi connectivity index (χ3v) is 9.59. The highest BCUT2D eigenvalue weighted by atomic mass is 32.1. The maximum atomic E-state index is 4.92. The van der Waals surface area contributed by atoms with Crippen molar-refractivity contribution in [1.82, 2.24) is 9.97 Å². The van der Waals surface area contributed by atoms with Gasteiger partial charge in [-0.25, -0.2) is 9.97 Å². The molecular weight excluding hydrogens is 516 g/mol. The van der Waals surface area contributed by atoms with Crippen LogP contribution in [-0.4, -0.2) is 9.97 Å². The number of benzene rings is 5. The van der Waals surface area contributed by atoms with Crippen LogP contribution >= 0.6 is 11.3 Å². The molecule has 3 aromatic heterocycles. The summed E-state index contributed by atoms with van der Waals surface area (Å²) in [6.07, 6.45) is 3.87. The molecule has 41 heavy (non-hydrogen) atoms. The van der Waals surface area contributed by atoms with E-state index in [-0.39, 0.29) is 0 Å². The quantitative estimate of drug-likeness (QED) is 0.208. The van der Waals surface area contributed by atoms with Crippen LogP contribution < -0.4 is 0 Å². The molecule has 9 rings (SSSR count). The minimum atomic E-state index is 0.764. The number of hydrogen-bond donors (Lipinski definition) is 0. The van der Waals surface area contributed by atoms with Gasteiger partial charge in [-0.15, -0.1) is 11.3 Å². The highest BCUT2D eigenvalue weighted by Crippen LogP contribution is 2.52. The second-order valence-electron chi connectivity index (χ2n) is 10.5. The summed E-state index contributed by atoms with van der Waals surface area (Å²) in [7, 11) is 0. The van der Waals surface area contributed by atoms with Gasteiger partial charge < -0.3 is 0 Å². The molecule has 1 aliphatic carbocycles. The first-order chi connectivity index (χ1) is 20.4. The summed E-state index contributed by atoms with van der Waals surface area (Å²) in [5, 5.41) is 3.68. The largest absolute Gasteiger partial charge is 0.237 e. The first-order valence-electron chi connectivity index (χ1n) is 13.8. The predicted molar refractivity (Wildman–Crippen MR) is 173 cm³/mol. The van der Waals surface area contributed by atoms with E-state index in [0.29, 0.717) is 0 Å². The van der Waals surface area contributed by atoms with Crippen LogP contribution in [0.2, 0.25) is 0 Å². The molecule has 0 unspecified atom stereocenters. The van der Waals surface area contributed by atoms with E-state index in [1.54, 1.807) is 0 Å². The Morgan fingerprint density at radius 2 is 0.976 bits per heavy atom. The lowest BCUT2D eigenvalue weighted by molar-refractivity contribution is 1.29.